The van der Waals surface area contributed by atoms with Crippen molar-refractivity contribution in [1.29, 1.82) is 0 Å². The van der Waals surface area contributed by atoms with E-state index in [9.17, 15) is 14.7 Å². The summed E-state index contributed by atoms with van der Waals surface area (Å²) in [7, 11) is 0. The lowest BCUT2D eigenvalue weighted by molar-refractivity contribution is -0.250. The molecular weight excluding hydrogens is 620 g/mol. The summed E-state index contributed by atoms with van der Waals surface area (Å²) in [5.41, 5.74) is -0.698. The van der Waals surface area contributed by atoms with Gasteiger partial charge in [-0.25, -0.2) is 0 Å². The van der Waals surface area contributed by atoms with Crippen molar-refractivity contribution in [1.82, 2.24) is 9.80 Å². The topological polar surface area (TPSA) is 97.8 Å². The fourth-order valence-corrected chi connectivity index (χ4v) is 13.7. The number of aliphatic hydroxyl groups is 1. The molecule has 0 bridgehead atoms. The Balaban J connectivity index is 0.959. The lowest BCUT2D eigenvalue weighted by Crippen LogP contribution is -2.64. The van der Waals surface area contributed by atoms with Crippen LogP contribution in [0.2, 0.25) is 0 Å². The molecule has 3 aliphatic heterocycles. The van der Waals surface area contributed by atoms with Crippen molar-refractivity contribution in [3.63, 3.8) is 0 Å². The molecule has 9 nitrogen and oxygen atoms in total. The van der Waals surface area contributed by atoms with Crippen LogP contribution in [0.3, 0.4) is 0 Å². The van der Waals surface area contributed by atoms with E-state index in [2.05, 4.69) is 44.4 Å². The van der Waals surface area contributed by atoms with Crippen molar-refractivity contribution < 1.29 is 33.6 Å². The number of nitrogens with zero attached hydrogens (tertiary/aromatic N) is 2. The molecule has 1 N–H and O–H groups in total. The van der Waals surface area contributed by atoms with Gasteiger partial charge in [0.25, 0.3) is 0 Å². The first-order valence-electron chi connectivity index (χ1n) is 19.9. The maximum absolute atomic E-state index is 14.6. The third-order valence-corrected chi connectivity index (χ3v) is 16.2. The summed E-state index contributed by atoms with van der Waals surface area (Å²) in [6.07, 6.45) is 7.97. The molecule has 3 saturated heterocycles. The van der Waals surface area contributed by atoms with E-state index in [4.69, 9.17) is 18.9 Å². The van der Waals surface area contributed by atoms with Crippen LogP contribution in [-0.4, -0.2) is 108 Å². The number of rotatable bonds is 7. The van der Waals surface area contributed by atoms with Gasteiger partial charge in [-0.1, -0.05) is 20.8 Å². The smallest absolute Gasteiger partial charge is 0.303 e. The maximum atomic E-state index is 14.6. The molecule has 0 aromatic heterocycles. The van der Waals surface area contributed by atoms with E-state index in [-0.39, 0.29) is 46.3 Å². The molecule has 9 heteroatoms. The Bertz CT molecular complexity index is 1320. The highest BCUT2D eigenvalue weighted by Gasteiger charge is 2.82. The Morgan fingerprint density at radius 2 is 1.71 bits per heavy atom. The van der Waals surface area contributed by atoms with E-state index >= 15 is 0 Å². The van der Waals surface area contributed by atoms with Crippen LogP contribution in [0, 0.1) is 45.3 Å². The molecule has 2 spiro atoms. The van der Waals surface area contributed by atoms with E-state index in [1.165, 1.54) is 26.2 Å². The number of Topliss-reactive ketones (excluding diaryl/α,β-unsaturated/α-hetero) is 1. The molecular formula is C40H64N2O7. The Morgan fingerprint density at radius 1 is 0.980 bits per heavy atom. The minimum atomic E-state index is -1.26. The zero-order chi connectivity index (χ0) is 34.9. The summed E-state index contributed by atoms with van der Waals surface area (Å²) >= 11 is 0. The van der Waals surface area contributed by atoms with Crippen molar-refractivity contribution >= 4 is 11.8 Å². The molecule has 8 rings (SSSR count). The van der Waals surface area contributed by atoms with Crippen molar-refractivity contribution in [3.8, 4) is 0 Å². The van der Waals surface area contributed by atoms with Gasteiger partial charge in [-0.2, -0.15) is 0 Å². The van der Waals surface area contributed by atoms with Gasteiger partial charge in [0.15, 0.2) is 18.2 Å². The minimum Gasteiger partial charge on any atom is -0.457 e. The Morgan fingerprint density at radius 3 is 2.41 bits per heavy atom. The first-order chi connectivity index (χ1) is 23.0. The second-order valence-corrected chi connectivity index (χ2v) is 19.6. The molecule has 8 aliphatic rings. The molecule has 0 radical (unpaired) electrons. The first kappa shape index (κ1) is 35.0. The predicted molar refractivity (Wildman–Crippen MR) is 184 cm³/mol. The molecule has 276 valence electrons. The summed E-state index contributed by atoms with van der Waals surface area (Å²) < 4.78 is 25.5. The zero-order valence-corrected chi connectivity index (χ0v) is 31.5. The van der Waals surface area contributed by atoms with Crippen LogP contribution < -0.4 is 0 Å². The van der Waals surface area contributed by atoms with Gasteiger partial charge in [-0.05, 0) is 125 Å². The second-order valence-electron chi connectivity index (χ2n) is 19.6. The summed E-state index contributed by atoms with van der Waals surface area (Å²) in [4.78, 5) is 31.7. The molecule has 5 aliphatic carbocycles. The van der Waals surface area contributed by atoms with Gasteiger partial charge < -0.3 is 24.1 Å². The third-order valence-electron chi connectivity index (χ3n) is 16.2. The third kappa shape index (κ3) is 5.20. The summed E-state index contributed by atoms with van der Waals surface area (Å²) in [6.45, 7) is 21.5. The van der Waals surface area contributed by atoms with Gasteiger partial charge in [0.2, 0.25) is 0 Å². The van der Waals surface area contributed by atoms with E-state index < -0.39 is 29.9 Å². The number of carbonyl (C=O) groups excluding carboxylic acids is 2. The minimum absolute atomic E-state index is 0.0291. The van der Waals surface area contributed by atoms with Gasteiger partial charge >= 0.3 is 5.97 Å². The number of hydrogen-bond donors (Lipinski definition) is 1. The lowest BCUT2D eigenvalue weighted by atomic mass is 9.46. The molecule has 5 saturated carbocycles. The number of carbonyl (C=O) groups is 2. The second kappa shape index (κ2) is 11.7. The highest BCUT2D eigenvalue weighted by Crippen LogP contribution is 2.87. The molecule has 0 amide bonds. The average Bonchev–Trinajstić information content (AvgIpc) is 3.61. The molecule has 0 aromatic rings. The lowest BCUT2D eigenvalue weighted by Gasteiger charge is -2.59. The van der Waals surface area contributed by atoms with Crippen molar-refractivity contribution in [2.45, 2.75) is 162 Å². The Hall–Kier alpha value is -1.10. The number of likely N-dealkylation sites (tertiary alicyclic amines) is 1. The average molecular weight is 685 g/mol. The van der Waals surface area contributed by atoms with Gasteiger partial charge in [-0.3, -0.25) is 19.4 Å². The number of esters is 1. The van der Waals surface area contributed by atoms with Gasteiger partial charge in [0.05, 0.1) is 24.4 Å². The van der Waals surface area contributed by atoms with Crippen molar-refractivity contribution in [2.24, 2.45) is 45.3 Å². The number of ketones is 1. The number of hydrogen-bond acceptors (Lipinski definition) is 9. The summed E-state index contributed by atoms with van der Waals surface area (Å²) in [6, 6.07) is 1.23. The van der Waals surface area contributed by atoms with Gasteiger partial charge in [0, 0.05) is 51.1 Å². The van der Waals surface area contributed by atoms with Crippen LogP contribution >= 0.6 is 0 Å². The van der Waals surface area contributed by atoms with Crippen LogP contribution in [0.5, 0.6) is 0 Å². The van der Waals surface area contributed by atoms with Gasteiger partial charge in [0.1, 0.15) is 6.10 Å². The molecule has 0 aromatic carbocycles. The molecule has 8 fully saturated rings. The monoisotopic (exact) mass is 684 g/mol. The Kier molecular flexibility index (Phi) is 8.35. The van der Waals surface area contributed by atoms with E-state index in [1.54, 1.807) is 13.8 Å². The highest BCUT2D eigenvalue weighted by molar-refractivity contribution is 5.90. The summed E-state index contributed by atoms with van der Waals surface area (Å²) in [5, 5.41) is 10.9. The van der Waals surface area contributed by atoms with Crippen LogP contribution in [0.15, 0.2) is 0 Å². The van der Waals surface area contributed by atoms with E-state index in [0.29, 0.717) is 35.8 Å². The van der Waals surface area contributed by atoms with Gasteiger partial charge in [-0.15, -0.1) is 0 Å². The fraction of sp³-hybridized carbons (Fsp3) is 0.950. The first-order valence-corrected chi connectivity index (χ1v) is 19.9. The molecule has 49 heavy (non-hydrogen) atoms. The van der Waals surface area contributed by atoms with Crippen molar-refractivity contribution in [2.75, 3.05) is 32.8 Å². The summed E-state index contributed by atoms with van der Waals surface area (Å²) in [5.74, 6) is 1.09. The largest absolute Gasteiger partial charge is 0.457 e. The number of ether oxygens (including phenoxy) is 4. The van der Waals surface area contributed by atoms with E-state index in [1.807, 2.05) is 0 Å². The van der Waals surface area contributed by atoms with Crippen LogP contribution in [0.25, 0.3) is 0 Å². The SMILES string of the molecule is CC(=O)O[C@@H](C1CCC2C(O1)C(=O)C1C3CCC4C(C)(C)[C@@H](OC5CN(C6CN(C(C)C)C6)CCO5)CC[C@@]45C[C@@]35CC[C@]21C)C(C)(C)O. The van der Waals surface area contributed by atoms with Crippen LogP contribution in [0.1, 0.15) is 113 Å². The highest BCUT2D eigenvalue weighted by atomic mass is 16.7. The zero-order valence-electron chi connectivity index (χ0n) is 31.5. The predicted octanol–water partition coefficient (Wildman–Crippen LogP) is 5.21. The normalized spacial score (nSPS) is 47.3. The van der Waals surface area contributed by atoms with Crippen molar-refractivity contribution in [3.05, 3.63) is 0 Å². The quantitative estimate of drug-likeness (QED) is 0.363. The maximum Gasteiger partial charge on any atom is 0.303 e. The molecule has 7 unspecified atom stereocenters. The van der Waals surface area contributed by atoms with Crippen LogP contribution in [-0.2, 0) is 28.5 Å². The Labute approximate surface area is 294 Å². The standard InChI is InChI=1S/C40H64N2O7/c1-23(2)42-19-25(20-42)41-17-18-46-31(21-41)49-30-13-14-40-22-39(40)16-15-38(8)27-9-11-28(35(37(6,7)45)47-24(3)43)48-34(27)33(44)32(38)26(39)10-12-29(40)36(30,4)5/h23,25-32,34-35,45H,9-22H2,1-8H3/t26?,27?,28?,29?,30-,31?,32?,34?,35-,38+,39-,40+/m0/s1. The molecule has 3 heterocycles. The number of morpholine rings is 1. The fourth-order valence-electron chi connectivity index (χ4n) is 13.7. The van der Waals surface area contributed by atoms with Crippen LogP contribution in [0.4, 0.5) is 0 Å². The number of fused-ring (bicyclic) bond motifs is 4. The van der Waals surface area contributed by atoms with E-state index in [0.717, 1.165) is 64.9 Å². The molecule has 12 atom stereocenters.